The predicted octanol–water partition coefficient (Wildman–Crippen LogP) is 8.03. The summed E-state index contributed by atoms with van der Waals surface area (Å²) in [6, 6.07) is 26.5. The van der Waals surface area contributed by atoms with E-state index in [-0.39, 0.29) is 54.8 Å². The van der Waals surface area contributed by atoms with Crippen LogP contribution in [0.25, 0.3) is 23.1 Å². The summed E-state index contributed by atoms with van der Waals surface area (Å²) >= 11 is 8.04. The van der Waals surface area contributed by atoms with Crippen molar-refractivity contribution in [2.75, 3.05) is 5.75 Å². The average molecular weight is 628 g/mol. The monoisotopic (exact) mass is 627 g/mol. The fraction of sp³-hybridized carbons (Fsp3) is 0.314. The Morgan fingerprint density at radius 2 is 1.81 bits per heavy atom. The molecule has 42 heavy (non-hydrogen) atoms. The molecule has 0 radical (unpaired) electrons. The maximum atomic E-state index is 11.5. The molecule has 0 aliphatic heterocycles. The van der Waals surface area contributed by atoms with E-state index in [9.17, 15) is 15.0 Å². The molecule has 1 aromatic heterocycles. The number of fused-ring (bicyclic) bond motifs is 1. The zero-order valence-corrected chi connectivity index (χ0v) is 25.1. The second kappa shape index (κ2) is 14.3. The molecule has 5 rings (SSSR count). The van der Waals surface area contributed by atoms with Gasteiger partial charge in [0.2, 0.25) is 0 Å². The van der Waals surface area contributed by atoms with Crippen LogP contribution in [-0.2, 0) is 16.8 Å². The maximum absolute atomic E-state index is 11.5. The Balaban J connectivity index is 0.00000405. The molecule has 216 valence electrons. The number of aryl methyl sites for hydroxylation is 1. The van der Waals surface area contributed by atoms with Crippen molar-refractivity contribution in [2.45, 2.75) is 56.8 Å². The van der Waals surface area contributed by atoms with Crippen LogP contribution in [0, 0.1) is 5.41 Å². The van der Waals surface area contributed by atoms with E-state index in [1.807, 2.05) is 74.1 Å². The van der Waals surface area contributed by atoms with Crippen LogP contribution < -0.4 is 0 Å². The van der Waals surface area contributed by atoms with Gasteiger partial charge in [-0.15, -0.1) is 0 Å². The first-order chi connectivity index (χ1) is 19.6. The van der Waals surface area contributed by atoms with E-state index < -0.39 is 11.6 Å². The molecule has 1 aliphatic rings. The average Bonchev–Trinajstić information content (AvgIpc) is 3.70. The van der Waals surface area contributed by atoms with Crippen molar-refractivity contribution in [3.05, 3.63) is 112 Å². The first-order valence-electron chi connectivity index (χ1n) is 14.1. The summed E-state index contributed by atoms with van der Waals surface area (Å²) in [6.45, 7) is 3.66. The number of pyridine rings is 1. The molecule has 1 unspecified atom stereocenters. The van der Waals surface area contributed by atoms with Crippen molar-refractivity contribution in [3.63, 3.8) is 0 Å². The second-order valence-corrected chi connectivity index (χ2v) is 13.3. The summed E-state index contributed by atoms with van der Waals surface area (Å²) < 4.78 is 0. The summed E-state index contributed by atoms with van der Waals surface area (Å²) in [6.07, 6.45) is 8.02. The first kappa shape index (κ1) is 33.0. The van der Waals surface area contributed by atoms with E-state index in [2.05, 4.69) is 42.5 Å². The number of aliphatic carboxylic acids is 1. The van der Waals surface area contributed by atoms with Crippen molar-refractivity contribution >= 4 is 90.1 Å². The van der Waals surface area contributed by atoms with Gasteiger partial charge in [-0.1, -0.05) is 78.3 Å². The molecule has 4 nitrogen and oxygen atoms in total. The molecule has 0 saturated heterocycles. The summed E-state index contributed by atoms with van der Waals surface area (Å²) in [5.41, 5.74) is 5.15. The second-order valence-electron chi connectivity index (χ2n) is 11.7. The van der Waals surface area contributed by atoms with Crippen molar-refractivity contribution in [2.24, 2.45) is 5.41 Å². The molecular formula is C35H38CaClNO3S. The van der Waals surface area contributed by atoms with Gasteiger partial charge in [0.15, 0.2) is 0 Å². The van der Waals surface area contributed by atoms with Crippen molar-refractivity contribution in [3.8, 4) is 0 Å². The molecular weight excluding hydrogens is 590 g/mol. The fourth-order valence-electron chi connectivity index (χ4n) is 5.36. The normalized spacial score (nSPS) is 15.0. The summed E-state index contributed by atoms with van der Waals surface area (Å²) in [5.74, 6) is 0.122. The van der Waals surface area contributed by atoms with Gasteiger partial charge in [-0.2, -0.15) is 11.8 Å². The van der Waals surface area contributed by atoms with Crippen LogP contribution in [0.1, 0.15) is 72.7 Å². The number of thioether (sulfide) groups is 1. The number of carboxylic acids is 1. The van der Waals surface area contributed by atoms with Gasteiger partial charge in [-0.3, -0.25) is 4.79 Å². The predicted molar refractivity (Wildman–Crippen MR) is 180 cm³/mol. The number of aromatic nitrogens is 1. The molecule has 1 fully saturated rings. The first-order valence-corrected chi connectivity index (χ1v) is 15.5. The minimum absolute atomic E-state index is 0. The third-order valence-corrected chi connectivity index (χ3v) is 9.76. The van der Waals surface area contributed by atoms with E-state index in [0.29, 0.717) is 5.02 Å². The standard InChI is InChI=1S/C35H36ClNO3S.Ca.2H/c1-34(2,40)30-9-4-3-7-25(30)13-17-32(41-23-35(18-19-35)22-33(38)39)27-8-5-6-24(20-27)10-15-29-16-12-26-11-14-28(36)21-31(26)37-29;;;/h3-12,14-16,20-21,32,40H,13,17-19,22-23H2,1-2H3,(H,38,39);;;/b15-10+;;;. The molecule has 1 heterocycles. The molecule has 1 aliphatic carbocycles. The van der Waals surface area contributed by atoms with Crippen molar-refractivity contribution in [1.82, 2.24) is 4.98 Å². The van der Waals surface area contributed by atoms with Crippen LogP contribution in [0.2, 0.25) is 5.02 Å². The number of nitrogens with zero attached hydrogens (tertiary/aromatic N) is 1. The number of hydrogen-bond donors (Lipinski definition) is 2. The Kier molecular flexibility index (Phi) is 11.2. The summed E-state index contributed by atoms with van der Waals surface area (Å²) in [5, 5.41) is 22.1. The number of halogens is 1. The number of benzene rings is 3. The minimum atomic E-state index is -0.911. The SMILES string of the molecule is CC(C)(O)c1ccccc1CCC(SCC1(CC(=O)O)CC1)c1cccc(/C=C/c2ccc3ccc(Cl)cc3n2)c1.[CaH2]. The fourth-order valence-corrected chi connectivity index (χ4v) is 7.09. The Bertz CT molecular complexity index is 1580. The Morgan fingerprint density at radius 1 is 1.05 bits per heavy atom. The van der Waals surface area contributed by atoms with Gasteiger partial charge in [0.1, 0.15) is 0 Å². The van der Waals surface area contributed by atoms with E-state index in [1.54, 1.807) is 0 Å². The Labute approximate surface area is 287 Å². The van der Waals surface area contributed by atoms with Gasteiger partial charge >= 0.3 is 43.7 Å². The van der Waals surface area contributed by atoms with Gasteiger partial charge in [-0.05, 0) is 91.5 Å². The van der Waals surface area contributed by atoms with Crippen LogP contribution >= 0.6 is 23.4 Å². The quantitative estimate of drug-likeness (QED) is 0.156. The van der Waals surface area contributed by atoms with E-state index in [4.69, 9.17) is 16.6 Å². The van der Waals surface area contributed by atoms with Crippen LogP contribution in [0.15, 0.2) is 78.9 Å². The molecule has 7 heteroatoms. The van der Waals surface area contributed by atoms with Gasteiger partial charge < -0.3 is 10.2 Å². The topological polar surface area (TPSA) is 70.4 Å². The van der Waals surface area contributed by atoms with Crippen LogP contribution in [-0.4, -0.2) is 64.7 Å². The summed E-state index contributed by atoms with van der Waals surface area (Å²) in [7, 11) is 0. The Morgan fingerprint density at radius 3 is 2.55 bits per heavy atom. The van der Waals surface area contributed by atoms with Crippen LogP contribution in [0.5, 0.6) is 0 Å². The number of rotatable bonds is 12. The molecule has 3 aromatic carbocycles. The van der Waals surface area contributed by atoms with Gasteiger partial charge in [-0.25, -0.2) is 4.98 Å². The zero-order valence-electron chi connectivity index (χ0n) is 23.5. The third kappa shape index (κ3) is 8.84. The van der Waals surface area contributed by atoms with Crippen LogP contribution in [0.3, 0.4) is 0 Å². The van der Waals surface area contributed by atoms with E-state index in [1.165, 1.54) is 5.56 Å². The number of carbonyl (C=O) groups is 1. The van der Waals surface area contributed by atoms with Crippen molar-refractivity contribution in [1.29, 1.82) is 0 Å². The number of hydrogen-bond acceptors (Lipinski definition) is 4. The summed E-state index contributed by atoms with van der Waals surface area (Å²) in [4.78, 5) is 16.2. The van der Waals surface area contributed by atoms with E-state index in [0.717, 1.165) is 64.7 Å². The van der Waals surface area contributed by atoms with Gasteiger partial charge in [0, 0.05) is 21.4 Å². The molecule has 0 spiro atoms. The third-order valence-electron chi connectivity index (χ3n) is 7.83. The molecule has 1 atom stereocenters. The Hall–Kier alpha value is -1.86. The van der Waals surface area contributed by atoms with Crippen LogP contribution in [0.4, 0.5) is 0 Å². The molecule has 4 aromatic rings. The van der Waals surface area contributed by atoms with Crippen molar-refractivity contribution < 1.29 is 15.0 Å². The molecule has 2 N–H and O–H groups in total. The van der Waals surface area contributed by atoms with Gasteiger partial charge in [0.25, 0.3) is 0 Å². The molecule has 1 saturated carbocycles. The number of carboxylic acid groups (broad SMARTS) is 1. The number of aliphatic hydroxyl groups is 1. The zero-order chi connectivity index (χ0) is 29.0. The molecule has 0 bridgehead atoms. The van der Waals surface area contributed by atoms with Gasteiger partial charge in [0.05, 0.1) is 23.2 Å². The molecule has 0 amide bonds. The van der Waals surface area contributed by atoms with E-state index >= 15 is 0 Å².